The molecule has 3 aromatic rings. The summed E-state index contributed by atoms with van der Waals surface area (Å²) in [6.07, 6.45) is 1.43. The Bertz CT molecular complexity index is 1320. The van der Waals surface area contributed by atoms with Crippen molar-refractivity contribution in [1.82, 2.24) is 4.98 Å². The molecule has 0 aliphatic carbocycles. The summed E-state index contributed by atoms with van der Waals surface area (Å²) in [5.41, 5.74) is -1.78. The molecule has 0 amide bonds. The van der Waals surface area contributed by atoms with Crippen LogP contribution in [0.5, 0.6) is 23.0 Å². The maximum absolute atomic E-state index is 10.8. The van der Waals surface area contributed by atoms with Gasteiger partial charge in [-0.15, -0.1) is 21.6 Å². The fourth-order valence-electron chi connectivity index (χ4n) is 2.61. The van der Waals surface area contributed by atoms with E-state index in [0.29, 0.717) is 0 Å². The van der Waals surface area contributed by atoms with Gasteiger partial charge in [-0.05, 0) is 18.2 Å². The van der Waals surface area contributed by atoms with Gasteiger partial charge in [0.1, 0.15) is 46.0 Å². The standard InChI is InChI=1S/C20H10N6O4S/c21-7-10(8-22)12(9-23)11-6-15(29)18(19(30)16(11)20-24-4-5-31-20)26-25-17-13(27)2-1-3-14(17)28/h1-6,27-30H. The predicted octanol–water partition coefficient (Wildman–Crippen LogP) is 4.37. The SMILES string of the molecule is N#CC(C#N)=C(C#N)c1cc(O)c(N=Nc2c(O)cccc2O)c(O)c1-c1nccs1. The number of phenols is 4. The lowest BCUT2D eigenvalue weighted by Gasteiger charge is -2.12. The van der Waals surface area contributed by atoms with Crippen LogP contribution in [0.25, 0.3) is 16.1 Å². The molecule has 0 unspecified atom stereocenters. The number of hydrogen-bond acceptors (Lipinski definition) is 11. The number of allylic oxidation sites excluding steroid dienone is 2. The molecule has 0 atom stereocenters. The van der Waals surface area contributed by atoms with Crippen molar-refractivity contribution >= 4 is 28.3 Å². The molecule has 1 aromatic heterocycles. The largest absolute Gasteiger partial charge is 0.505 e. The highest BCUT2D eigenvalue weighted by molar-refractivity contribution is 7.13. The first-order valence-electron chi connectivity index (χ1n) is 8.29. The van der Waals surface area contributed by atoms with Gasteiger partial charge in [0.25, 0.3) is 0 Å². The van der Waals surface area contributed by atoms with Gasteiger partial charge >= 0.3 is 0 Å². The fraction of sp³-hybridized carbons (Fsp3) is 0. The quantitative estimate of drug-likeness (QED) is 0.346. The average molecular weight is 430 g/mol. The minimum Gasteiger partial charge on any atom is -0.505 e. The van der Waals surface area contributed by atoms with Crippen LogP contribution in [0.4, 0.5) is 11.4 Å². The molecule has 3 rings (SSSR count). The molecule has 10 nitrogen and oxygen atoms in total. The van der Waals surface area contributed by atoms with E-state index in [1.165, 1.54) is 24.4 Å². The topological polar surface area (TPSA) is 190 Å². The van der Waals surface area contributed by atoms with Crippen molar-refractivity contribution in [1.29, 1.82) is 15.8 Å². The maximum Gasteiger partial charge on any atom is 0.170 e. The third-order valence-electron chi connectivity index (χ3n) is 4.00. The Morgan fingerprint density at radius 3 is 2.10 bits per heavy atom. The van der Waals surface area contributed by atoms with E-state index in [-0.39, 0.29) is 38.9 Å². The van der Waals surface area contributed by atoms with Crippen LogP contribution in [0, 0.1) is 34.0 Å². The average Bonchev–Trinajstić information content (AvgIpc) is 3.27. The monoisotopic (exact) mass is 430 g/mol. The summed E-state index contributed by atoms with van der Waals surface area (Å²) in [7, 11) is 0. The first kappa shape index (κ1) is 20.8. The second-order valence-corrected chi connectivity index (χ2v) is 6.68. The molecular weight excluding hydrogens is 420 g/mol. The van der Waals surface area contributed by atoms with Crippen LogP contribution < -0.4 is 0 Å². The molecule has 0 bridgehead atoms. The van der Waals surface area contributed by atoms with E-state index in [2.05, 4.69) is 15.2 Å². The Morgan fingerprint density at radius 2 is 1.55 bits per heavy atom. The molecule has 150 valence electrons. The van der Waals surface area contributed by atoms with Crippen molar-refractivity contribution in [2.75, 3.05) is 0 Å². The molecule has 0 saturated carbocycles. The van der Waals surface area contributed by atoms with Gasteiger partial charge in [0.15, 0.2) is 17.1 Å². The number of phenolic OH excluding ortho intramolecular Hbond substituents is 4. The summed E-state index contributed by atoms with van der Waals surface area (Å²) in [6, 6.07) is 9.89. The number of azo groups is 1. The van der Waals surface area contributed by atoms with E-state index >= 15 is 0 Å². The number of rotatable bonds is 4. The molecule has 0 fully saturated rings. The Kier molecular flexibility index (Phi) is 5.78. The van der Waals surface area contributed by atoms with Gasteiger partial charge in [-0.3, -0.25) is 0 Å². The van der Waals surface area contributed by atoms with Crippen molar-refractivity contribution < 1.29 is 20.4 Å². The highest BCUT2D eigenvalue weighted by atomic mass is 32.1. The number of aromatic nitrogens is 1. The van der Waals surface area contributed by atoms with Crippen molar-refractivity contribution in [2.45, 2.75) is 0 Å². The number of aromatic hydroxyl groups is 4. The van der Waals surface area contributed by atoms with Crippen LogP contribution in [-0.4, -0.2) is 25.4 Å². The zero-order chi connectivity index (χ0) is 22.5. The van der Waals surface area contributed by atoms with Crippen molar-refractivity contribution in [3.8, 4) is 51.8 Å². The molecule has 11 heteroatoms. The van der Waals surface area contributed by atoms with Gasteiger partial charge < -0.3 is 20.4 Å². The molecule has 0 aliphatic rings. The Hall–Kier alpha value is -4.92. The molecule has 2 aromatic carbocycles. The lowest BCUT2D eigenvalue weighted by molar-refractivity contribution is 0.448. The third kappa shape index (κ3) is 3.83. The van der Waals surface area contributed by atoms with Gasteiger partial charge in [0.05, 0.1) is 11.1 Å². The molecule has 1 heterocycles. The first-order chi connectivity index (χ1) is 14.9. The summed E-state index contributed by atoms with van der Waals surface area (Å²) in [4.78, 5) is 4.08. The van der Waals surface area contributed by atoms with E-state index in [1.807, 2.05) is 0 Å². The van der Waals surface area contributed by atoms with Gasteiger partial charge in [-0.25, -0.2) is 4.98 Å². The lowest BCUT2D eigenvalue weighted by Crippen LogP contribution is -1.93. The highest BCUT2D eigenvalue weighted by Crippen LogP contribution is 2.49. The van der Waals surface area contributed by atoms with E-state index in [1.54, 1.807) is 23.6 Å². The Labute approximate surface area is 178 Å². The zero-order valence-corrected chi connectivity index (χ0v) is 16.2. The van der Waals surface area contributed by atoms with E-state index in [0.717, 1.165) is 17.4 Å². The molecule has 0 saturated heterocycles. The Balaban J connectivity index is 2.31. The fourth-order valence-corrected chi connectivity index (χ4v) is 3.31. The van der Waals surface area contributed by atoms with E-state index in [9.17, 15) is 25.7 Å². The molecule has 0 radical (unpaired) electrons. The van der Waals surface area contributed by atoms with E-state index in [4.69, 9.17) is 10.5 Å². The number of benzene rings is 2. The minimum atomic E-state index is -0.633. The molecule has 0 spiro atoms. The highest BCUT2D eigenvalue weighted by Gasteiger charge is 2.25. The normalized spacial score (nSPS) is 10.2. The summed E-state index contributed by atoms with van der Waals surface area (Å²) < 4.78 is 0. The van der Waals surface area contributed by atoms with Crippen LogP contribution in [0.2, 0.25) is 0 Å². The maximum atomic E-state index is 10.8. The predicted molar refractivity (Wildman–Crippen MR) is 109 cm³/mol. The molecule has 4 N–H and O–H groups in total. The van der Waals surface area contributed by atoms with Gasteiger partial charge in [0, 0.05) is 17.1 Å². The number of nitrogens with zero attached hydrogens (tertiary/aromatic N) is 6. The van der Waals surface area contributed by atoms with Gasteiger partial charge in [-0.1, -0.05) is 6.07 Å². The van der Waals surface area contributed by atoms with Crippen molar-refractivity contribution in [3.05, 3.63) is 47.0 Å². The number of thiazole rings is 1. The first-order valence-corrected chi connectivity index (χ1v) is 9.17. The van der Waals surface area contributed by atoms with E-state index < -0.39 is 22.8 Å². The van der Waals surface area contributed by atoms with Crippen molar-refractivity contribution in [3.63, 3.8) is 0 Å². The van der Waals surface area contributed by atoms with Crippen LogP contribution in [0.1, 0.15) is 5.56 Å². The van der Waals surface area contributed by atoms with Crippen LogP contribution >= 0.6 is 11.3 Å². The zero-order valence-electron chi connectivity index (χ0n) is 15.3. The Morgan fingerprint density at radius 1 is 0.903 bits per heavy atom. The number of nitriles is 3. The molecule has 31 heavy (non-hydrogen) atoms. The smallest absolute Gasteiger partial charge is 0.170 e. The van der Waals surface area contributed by atoms with Crippen LogP contribution in [0.3, 0.4) is 0 Å². The minimum absolute atomic E-state index is 0.0530. The number of hydrogen-bond donors (Lipinski definition) is 4. The lowest BCUT2D eigenvalue weighted by atomic mass is 9.95. The summed E-state index contributed by atoms with van der Waals surface area (Å²) >= 11 is 1.09. The summed E-state index contributed by atoms with van der Waals surface area (Å²) in [5.74, 6) is -2.04. The summed E-state index contributed by atoms with van der Waals surface area (Å²) in [5, 5.41) is 78.0. The van der Waals surface area contributed by atoms with Gasteiger partial charge in [0.2, 0.25) is 0 Å². The summed E-state index contributed by atoms with van der Waals surface area (Å²) in [6.45, 7) is 0. The van der Waals surface area contributed by atoms with Crippen LogP contribution in [0.15, 0.2) is 51.6 Å². The third-order valence-corrected chi connectivity index (χ3v) is 4.79. The second kappa shape index (κ2) is 8.62. The molecular formula is C20H10N6O4S. The molecule has 0 aliphatic heterocycles. The van der Waals surface area contributed by atoms with Gasteiger partial charge in [-0.2, -0.15) is 15.8 Å². The second-order valence-electron chi connectivity index (χ2n) is 5.78. The van der Waals surface area contributed by atoms with Crippen molar-refractivity contribution in [2.24, 2.45) is 10.2 Å². The van der Waals surface area contributed by atoms with Crippen LogP contribution in [-0.2, 0) is 0 Å².